The van der Waals surface area contributed by atoms with Crippen LogP contribution in [0.4, 0.5) is 13.2 Å². The molecule has 4 rings (SSSR count). The minimum atomic E-state index is -4.43. The predicted molar refractivity (Wildman–Crippen MR) is 115 cm³/mol. The van der Waals surface area contributed by atoms with Gasteiger partial charge in [0.15, 0.2) is 16.5 Å². The Morgan fingerprint density at radius 1 is 1.12 bits per heavy atom. The molecule has 0 spiro atoms. The number of thioether (sulfide) groups is 1. The molecule has 33 heavy (non-hydrogen) atoms. The Labute approximate surface area is 188 Å². The summed E-state index contributed by atoms with van der Waals surface area (Å²) in [6.07, 6.45) is -0.892. The topological polar surface area (TPSA) is 118 Å². The van der Waals surface area contributed by atoms with Gasteiger partial charge in [0.2, 0.25) is 0 Å². The molecule has 0 bridgehead atoms. The Morgan fingerprint density at radius 3 is 2.39 bits per heavy atom. The van der Waals surface area contributed by atoms with Crippen molar-refractivity contribution >= 4 is 17.3 Å². The molecule has 0 amide bonds. The molecule has 0 radical (unpaired) electrons. The van der Waals surface area contributed by atoms with E-state index in [1.807, 2.05) is 13.8 Å². The van der Waals surface area contributed by atoms with E-state index in [0.717, 1.165) is 39.3 Å². The van der Waals surface area contributed by atoms with Gasteiger partial charge in [-0.05, 0) is 17.7 Å². The molecule has 3 aromatic heterocycles. The molecular formula is C20H19F3N6O3S. The van der Waals surface area contributed by atoms with Crippen LogP contribution < -0.4 is 11.1 Å². The lowest BCUT2D eigenvalue weighted by atomic mass is 10.1. The fourth-order valence-corrected chi connectivity index (χ4v) is 3.72. The number of fused-ring (bicyclic) bond motifs is 1. The van der Waals surface area contributed by atoms with Gasteiger partial charge in [-0.25, -0.2) is 9.55 Å². The van der Waals surface area contributed by atoms with Crippen molar-refractivity contribution in [1.82, 2.24) is 29.4 Å². The van der Waals surface area contributed by atoms with Crippen molar-refractivity contribution in [3.8, 4) is 5.82 Å². The molecule has 0 unspecified atom stereocenters. The molecule has 0 aliphatic rings. The van der Waals surface area contributed by atoms with Crippen LogP contribution >= 0.6 is 11.8 Å². The van der Waals surface area contributed by atoms with E-state index < -0.39 is 29.5 Å². The number of nitrogens with one attached hydrogen (secondary N) is 1. The number of rotatable bonds is 5. The number of alkyl halides is 3. The van der Waals surface area contributed by atoms with Gasteiger partial charge in [-0.3, -0.25) is 9.59 Å². The van der Waals surface area contributed by atoms with Gasteiger partial charge < -0.3 is 10.1 Å². The number of aliphatic hydroxyl groups excluding tert-OH is 1. The summed E-state index contributed by atoms with van der Waals surface area (Å²) in [6.45, 7) is 3.57. The first-order valence-corrected chi connectivity index (χ1v) is 10.7. The third-order valence-electron chi connectivity index (χ3n) is 4.31. The van der Waals surface area contributed by atoms with Crippen molar-refractivity contribution in [2.75, 3.05) is 0 Å². The number of halogens is 3. The quantitative estimate of drug-likeness (QED) is 0.422. The van der Waals surface area contributed by atoms with E-state index in [2.05, 4.69) is 20.2 Å². The SMILES string of the molecule is CC.O=c1cnc(-n2c(SCc3ccc(C(F)(F)F)cc3)nn3ncc(CO)c3c2=O)c[nH]1. The molecule has 13 heteroatoms. The molecule has 3 heterocycles. The smallest absolute Gasteiger partial charge is 0.392 e. The average Bonchev–Trinajstić information content (AvgIpc) is 3.23. The highest BCUT2D eigenvalue weighted by atomic mass is 32.2. The molecule has 9 nitrogen and oxygen atoms in total. The third kappa shape index (κ3) is 5.14. The normalized spacial score (nSPS) is 11.3. The molecule has 174 valence electrons. The number of hydrogen-bond acceptors (Lipinski definition) is 7. The maximum atomic E-state index is 13.1. The van der Waals surface area contributed by atoms with Crippen molar-refractivity contribution in [2.24, 2.45) is 0 Å². The molecule has 0 saturated carbocycles. The minimum absolute atomic E-state index is 0.0365. The number of H-pyrrole nitrogens is 1. The summed E-state index contributed by atoms with van der Waals surface area (Å²) in [4.78, 5) is 30.9. The highest BCUT2D eigenvalue weighted by molar-refractivity contribution is 7.98. The van der Waals surface area contributed by atoms with Gasteiger partial charge >= 0.3 is 6.18 Å². The van der Waals surface area contributed by atoms with E-state index >= 15 is 0 Å². The van der Waals surface area contributed by atoms with Crippen molar-refractivity contribution in [3.05, 3.63) is 80.3 Å². The van der Waals surface area contributed by atoms with Crippen LogP contribution in [0.1, 0.15) is 30.5 Å². The van der Waals surface area contributed by atoms with Crippen molar-refractivity contribution in [3.63, 3.8) is 0 Å². The number of hydrogen-bond donors (Lipinski definition) is 2. The van der Waals surface area contributed by atoms with Gasteiger partial charge in [-0.2, -0.15) is 18.3 Å². The van der Waals surface area contributed by atoms with Gasteiger partial charge in [0.05, 0.1) is 24.6 Å². The van der Waals surface area contributed by atoms with E-state index in [-0.39, 0.29) is 27.8 Å². The van der Waals surface area contributed by atoms with E-state index in [0.29, 0.717) is 5.56 Å². The van der Waals surface area contributed by atoms with Crippen LogP contribution in [-0.4, -0.2) is 34.5 Å². The van der Waals surface area contributed by atoms with Crippen molar-refractivity contribution in [2.45, 2.75) is 37.5 Å². The van der Waals surface area contributed by atoms with Crippen LogP contribution in [0.2, 0.25) is 0 Å². The van der Waals surface area contributed by atoms with Crippen LogP contribution in [0.15, 0.2) is 57.6 Å². The summed E-state index contributed by atoms with van der Waals surface area (Å²) < 4.78 is 40.5. The first-order chi connectivity index (χ1) is 15.8. The highest BCUT2D eigenvalue weighted by Crippen LogP contribution is 2.30. The standard InChI is InChI=1S/C18H13F3N6O3S.C2H6/c19-18(20,21)12-3-1-10(2-4-12)9-31-17-25-27-15(11(8-28)5-24-27)16(30)26(17)13-6-23-14(29)7-22-13;1-2/h1-7,28H,8-9H2,(H,23,29);1-2H3. The summed E-state index contributed by atoms with van der Waals surface area (Å²) >= 11 is 1.07. The monoisotopic (exact) mass is 480 g/mol. The second-order valence-corrected chi connectivity index (χ2v) is 7.28. The highest BCUT2D eigenvalue weighted by Gasteiger charge is 2.30. The minimum Gasteiger partial charge on any atom is -0.392 e. The molecule has 0 saturated heterocycles. The lowest BCUT2D eigenvalue weighted by Gasteiger charge is -2.11. The average molecular weight is 480 g/mol. The van der Waals surface area contributed by atoms with Gasteiger partial charge in [0, 0.05) is 17.5 Å². The molecular weight excluding hydrogens is 461 g/mol. The molecule has 0 aliphatic carbocycles. The zero-order valence-electron chi connectivity index (χ0n) is 17.5. The Balaban J connectivity index is 0.00000149. The Bertz CT molecular complexity index is 1340. The number of aromatic nitrogens is 6. The third-order valence-corrected chi connectivity index (χ3v) is 5.31. The lowest BCUT2D eigenvalue weighted by Crippen LogP contribution is -2.26. The Hall–Kier alpha value is -3.45. The zero-order valence-corrected chi connectivity index (χ0v) is 18.3. The fraction of sp³-hybridized carbons (Fsp3) is 0.250. The molecule has 0 fully saturated rings. The molecule has 1 aromatic carbocycles. The Kier molecular flexibility index (Phi) is 7.33. The van der Waals surface area contributed by atoms with Gasteiger partial charge in [0.1, 0.15) is 0 Å². The largest absolute Gasteiger partial charge is 0.416 e. The lowest BCUT2D eigenvalue weighted by molar-refractivity contribution is -0.137. The second-order valence-electron chi connectivity index (χ2n) is 6.34. The first-order valence-electron chi connectivity index (χ1n) is 9.73. The van der Waals surface area contributed by atoms with Crippen LogP contribution in [-0.2, 0) is 18.5 Å². The Morgan fingerprint density at radius 2 is 1.82 bits per heavy atom. The molecule has 0 atom stereocenters. The van der Waals surface area contributed by atoms with E-state index in [9.17, 15) is 27.9 Å². The molecule has 2 N–H and O–H groups in total. The molecule has 0 aliphatic heterocycles. The maximum Gasteiger partial charge on any atom is 0.416 e. The first kappa shape index (κ1) is 24.2. The van der Waals surface area contributed by atoms with Crippen LogP contribution in [0, 0.1) is 0 Å². The second kappa shape index (κ2) is 10.0. The summed E-state index contributed by atoms with van der Waals surface area (Å²) in [5.41, 5.74) is -0.936. The number of aromatic amines is 1. The van der Waals surface area contributed by atoms with Gasteiger partial charge in [-0.15, -0.1) is 9.73 Å². The van der Waals surface area contributed by atoms with Gasteiger partial charge in [0.25, 0.3) is 11.1 Å². The van der Waals surface area contributed by atoms with E-state index in [4.69, 9.17) is 0 Å². The van der Waals surface area contributed by atoms with Crippen LogP contribution in [0.5, 0.6) is 0 Å². The summed E-state index contributed by atoms with van der Waals surface area (Å²) in [5.74, 6) is 0.285. The fourth-order valence-electron chi connectivity index (χ4n) is 2.80. The van der Waals surface area contributed by atoms with Crippen LogP contribution in [0.25, 0.3) is 11.3 Å². The van der Waals surface area contributed by atoms with Gasteiger partial charge in [-0.1, -0.05) is 37.7 Å². The zero-order chi connectivity index (χ0) is 24.2. The predicted octanol–water partition coefficient (Wildman–Crippen LogP) is 2.79. The van der Waals surface area contributed by atoms with E-state index in [1.54, 1.807) is 0 Å². The number of aliphatic hydroxyl groups is 1. The van der Waals surface area contributed by atoms with Crippen molar-refractivity contribution < 1.29 is 18.3 Å². The summed E-state index contributed by atoms with van der Waals surface area (Å²) in [5, 5.41) is 17.9. The number of nitrogens with zero attached hydrogens (tertiary/aromatic N) is 5. The van der Waals surface area contributed by atoms with E-state index in [1.165, 1.54) is 24.5 Å². The summed E-state index contributed by atoms with van der Waals surface area (Å²) in [6, 6.07) is 4.63. The number of benzene rings is 1. The van der Waals surface area contributed by atoms with Crippen LogP contribution in [0.3, 0.4) is 0 Å². The maximum absolute atomic E-state index is 13.1. The summed E-state index contributed by atoms with van der Waals surface area (Å²) in [7, 11) is 0. The molecule has 4 aromatic rings. The van der Waals surface area contributed by atoms with Crippen molar-refractivity contribution in [1.29, 1.82) is 0 Å².